The van der Waals surface area contributed by atoms with Crippen LogP contribution in [0.2, 0.25) is 0 Å². The van der Waals surface area contributed by atoms with Gasteiger partial charge in [0.15, 0.2) is 0 Å². The van der Waals surface area contributed by atoms with E-state index in [0.29, 0.717) is 30.6 Å². The van der Waals surface area contributed by atoms with Gasteiger partial charge in [0.1, 0.15) is 0 Å². The standard InChI is InChI=1S/C15H18N2O4/c1-9-3-4-10(15(20)21-2)7-12(9)17-14(19)11-5-6-13(18)16-8-11/h3-4,7,11H,5-6,8H2,1-2H3,(H,16,18)(H,17,19). The van der Waals surface area contributed by atoms with Crippen molar-refractivity contribution < 1.29 is 19.1 Å². The van der Waals surface area contributed by atoms with Crippen LogP contribution in [0.5, 0.6) is 0 Å². The molecule has 1 atom stereocenters. The van der Waals surface area contributed by atoms with Crippen LogP contribution in [-0.2, 0) is 14.3 Å². The highest BCUT2D eigenvalue weighted by Gasteiger charge is 2.24. The molecule has 1 aliphatic heterocycles. The number of piperidine rings is 1. The smallest absolute Gasteiger partial charge is 0.337 e. The third-order valence-electron chi connectivity index (χ3n) is 3.55. The van der Waals surface area contributed by atoms with Crippen molar-refractivity contribution in [2.45, 2.75) is 19.8 Å². The van der Waals surface area contributed by atoms with Crippen LogP contribution in [0, 0.1) is 12.8 Å². The molecule has 1 aromatic rings. The summed E-state index contributed by atoms with van der Waals surface area (Å²) in [4.78, 5) is 34.8. The van der Waals surface area contributed by atoms with E-state index in [1.54, 1.807) is 18.2 Å². The number of nitrogens with one attached hydrogen (secondary N) is 2. The number of aryl methyl sites for hydroxylation is 1. The number of hydrogen-bond acceptors (Lipinski definition) is 4. The van der Waals surface area contributed by atoms with Gasteiger partial charge < -0.3 is 15.4 Å². The maximum absolute atomic E-state index is 12.2. The molecular weight excluding hydrogens is 272 g/mol. The molecule has 0 radical (unpaired) electrons. The summed E-state index contributed by atoms with van der Waals surface area (Å²) in [6.07, 6.45) is 0.896. The molecule has 2 amide bonds. The van der Waals surface area contributed by atoms with Gasteiger partial charge in [-0.15, -0.1) is 0 Å². The molecule has 0 aromatic heterocycles. The Morgan fingerprint density at radius 3 is 2.76 bits per heavy atom. The third-order valence-corrected chi connectivity index (χ3v) is 3.55. The van der Waals surface area contributed by atoms with Crippen molar-refractivity contribution in [2.75, 3.05) is 19.0 Å². The lowest BCUT2D eigenvalue weighted by molar-refractivity contribution is -0.126. The number of esters is 1. The van der Waals surface area contributed by atoms with Crippen molar-refractivity contribution in [2.24, 2.45) is 5.92 Å². The highest BCUT2D eigenvalue weighted by Crippen LogP contribution is 2.20. The lowest BCUT2D eigenvalue weighted by Gasteiger charge is -2.22. The predicted molar refractivity (Wildman–Crippen MR) is 76.9 cm³/mol. The third kappa shape index (κ3) is 3.59. The number of methoxy groups -OCH3 is 1. The highest BCUT2D eigenvalue weighted by atomic mass is 16.5. The predicted octanol–water partition coefficient (Wildman–Crippen LogP) is 1.25. The SMILES string of the molecule is COC(=O)c1ccc(C)c(NC(=O)C2CCC(=O)NC2)c1. The van der Waals surface area contributed by atoms with Crippen molar-refractivity contribution in [3.8, 4) is 0 Å². The average Bonchev–Trinajstić information content (AvgIpc) is 2.49. The van der Waals surface area contributed by atoms with Gasteiger partial charge in [-0.3, -0.25) is 9.59 Å². The topological polar surface area (TPSA) is 84.5 Å². The number of benzene rings is 1. The summed E-state index contributed by atoms with van der Waals surface area (Å²) in [6.45, 7) is 2.19. The molecule has 0 spiro atoms. The molecule has 112 valence electrons. The monoisotopic (exact) mass is 290 g/mol. The van der Waals surface area contributed by atoms with Gasteiger partial charge in [0, 0.05) is 18.7 Å². The molecule has 1 aromatic carbocycles. The summed E-state index contributed by atoms with van der Waals surface area (Å²) in [6, 6.07) is 5.00. The second-order valence-corrected chi connectivity index (χ2v) is 5.05. The Morgan fingerprint density at radius 1 is 1.38 bits per heavy atom. The van der Waals surface area contributed by atoms with E-state index in [1.165, 1.54) is 7.11 Å². The van der Waals surface area contributed by atoms with Gasteiger partial charge in [-0.1, -0.05) is 6.07 Å². The minimum absolute atomic E-state index is 0.0251. The largest absolute Gasteiger partial charge is 0.465 e. The number of carbonyl (C=O) groups excluding carboxylic acids is 3. The van der Waals surface area contributed by atoms with Gasteiger partial charge in [-0.05, 0) is 31.0 Å². The molecular formula is C15H18N2O4. The summed E-state index contributed by atoms with van der Waals surface area (Å²) in [5.74, 6) is -0.873. The normalized spacial score (nSPS) is 17.8. The zero-order chi connectivity index (χ0) is 15.4. The fraction of sp³-hybridized carbons (Fsp3) is 0.400. The summed E-state index contributed by atoms with van der Waals surface area (Å²) in [7, 11) is 1.31. The summed E-state index contributed by atoms with van der Waals surface area (Å²) in [5.41, 5.74) is 1.82. The van der Waals surface area contributed by atoms with E-state index in [9.17, 15) is 14.4 Å². The highest BCUT2D eigenvalue weighted by molar-refractivity contribution is 5.97. The van der Waals surface area contributed by atoms with Crippen LogP contribution in [0.3, 0.4) is 0 Å². The van der Waals surface area contributed by atoms with E-state index >= 15 is 0 Å². The fourth-order valence-corrected chi connectivity index (χ4v) is 2.19. The van der Waals surface area contributed by atoms with Crippen molar-refractivity contribution in [1.29, 1.82) is 0 Å². The van der Waals surface area contributed by atoms with Gasteiger partial charge in [0.05, 0.1) is 18.6 Å². The average molecular weight is 290 g/mol. The van der Waals surface area contributed by atoms with Crippen molar-refractivity contribution in [1.82, 2.24) is 5.32 Å². The first kappa shape index (κ1) is 15.0. The Labute approximate surface area is 122 Å². The molecule has 2 rings (SSSR count). The van der Waals surface area contributed by atoms with E-state index in [-0.39, 0.29) is 17.7 Å². The maximum atomic E-state index is 12.2. The molecule has 0 bridgehead atoms. The minimum atomic E-state index is -0.449. The van der Waals surface area contributed by atoms with Crippen molar-refractivity contribution in [3.63, 3.8) is 0 Å². The van der Waals surface area contributed by atoms with Crippen LogP contribution in [0.15, 0.2) is 18.2 Å². The number of ether oxygens (including phenoxy) is 1. The Morgan fingerprint density at radius 2 is 2.14 bits per heavy atom. The van der Waals surface area contributed by atoms with Gasteiger partial charge in [-0.2, -0.15) is 0 Å². The molecule has 1 heterocycles. The molecule has 1 fully saturated rings. The van der Waals surface area contributed by atoms with Crippen LogP contribution >= 0.6 is 0 Å². The van der Waals surface area contributed by atoms with Crippen LogP contribution in [0.25, 0.3) is 0 Å². The molecule has 1 unspecified atom stereocenters. The maximum Gasteiger partial charge on any atom is 0.337 e. The van der Waals surface area contributed by atoms with Crippen LogP contribution < -0.4 is 10.6 Å². The lowest BCUT2D eigenvalue weighted by atomic mass is 9.98. The van der Waals surface area contributed by atoms with E-state index < -0.39 is 5.97 Å². The molecule has 2 N–H and O–H groups in total. The fourth-order valence-electron chi connectivity index (χ4n) is 2.19. The summed E-state index contributed by atoms with van der Waals surface area (Å²) in [5, 5.41) is 5.49. The zero-order valence-electron chi connectivity index (χ0n) is 12.1. The number of carbonyl (C=O) groups is 3. The minimum Gasteiger partial charge on any atom is -0.465 e. The zero-order valence-corrected chi connectivity index (χ0v) is 12.1. The number of amides is 2. The molecule has 0 saturated carbocycles. The van der Waals surface area contributed by atoms with Gasteiger partial charge >= 0.3 is 5.97 Å². The molecule has 6 heteroatoms. The van der Waals surface area contributed by atoms with E-state index in [0.717, 1.165) is 5.56 Å². The second-order valence-electron chi connectivity index (χ2n) is 5.05. The number of rotatable bonds is 3. The van der Waals surface area contributed by atoms with Gasteiger partial charge in [-0.25, -0.2) is 4.79 Å². The first-order valence-electron chi connectivity index (χ1n) is 6.78. The van der Waals surface area contributed by atoms with Crippen molar-refractivity contribution >= 4 is 23.5 Å². The Bertz CT molecular complexity index is 573. The first-order chi connectivity index (χ1) is 10.0. The van der Waals surface area contributed by atoms with Crippen LogP contribution in [0.1, 0.15) is 28.8 Å². The Hall–Kier alpha value is -2.37. The second kappa shape index (κ2) is 6.39. The van der Waals surface area contributed by atoms with Gasteiger partial charge in [0.2, 0.25) is 11.8 Å². The van der Waals surface area contributed by atoms with Gasteiger partial charge in [0.25, 0.3) is 0 Å². The van der Waals surface area contributed by atoms with E-state index in [2.05, 4.69) is 15.4 Å². The molecule has 0 aliphatic carbocycles. The molecule has 1 saturated heterocycles. The molecule has 21 heavy (non-hydrogen) atoms. The summed E-state index contributed by atoms with van der Waals surface area (Å²) < 4.78 is 4.67. The Kier molecular flexibility index (Phi) is 4.57. The number of hydrogen-bond donors (Lipinski definition) is 2. The lowest BCUT2D eigenvalue weighted by Crippen LogP contribution is -2.40. The van der Waals surface area contributed by atoms with E-state index in [4.69, 9.17) is 0 Å². The van der Waals surface area contributed by atoms with E-state index in [1.807, 2.05) is 6.92 Å². The molecule has 1 aliphatic rings. The molecule has 6 nitrogen and oxygen atoms in total. The first-order valence-corrected chi connectivity index (χ1v) is 6.78. The quantitative estimate of drug-likeness (QED) is 0.820. The Balaban J connectivity index is 2.09. The van der Waals surface area contributed by atoms with Crippen molar-refractivity contribution in [3.05, 3.63) is 29.3 Å². The van der Waals surface area contributed by atoms with Crippen LogP contribution in [-0.4, -0.2) is 31.4 Å². The van der Waals surface area contributed by atoms with Crippen LogP contribution in [0.4, 0.5) is 5.69 Å². The number of anilines is 1. The summed E-state index contributed by atoms with van der Waals surface area (Å²) >= 11 is 0.